The molecule has 2 heteroatoms. The molecule has 0 bridgehead atoms. The lowest BCUT2D eigenvalue weighted by Crippen LogP contribution is -2.14. The Bertz CT molecular complexity index is 3720. The molecule has 1 aliphatic carbocycles. The maximum Gasteiger partial charge on any atom is 0.136 e. The Balaban J connectivity index is 0.980. The molecule has 0 N–H and O–H groups in total. The van der Waals surface area contributed by atoms with Gasteiger partial charge in [-0.2, -0.15) is 0 Å². The zero-order valence-electron chi connectivity index (χ0n) is 31.5. The highest BCUT2D eigenvalue weighted by atomic mass is 32.1. The van der Waals surface area contributed by atoms with E-state index in [1.54, 1.807) is 0 Å². The third kappa shape index (κ3) is 4.28. The van der Waals surface area contributed by atoms with Gasteiger partial charge in [0.1, 0.15) is 11.2 Å². The first-order chi connectivity index (χ1) is 28.0. The number of hydrogen-bond acceptors (Lipinski definition) is 2. The van der Waals surface area contributed by atoms with Gasteiger partial charge in [-0.15, -0.1) is 11.3 Å². The van der Waals surface area contributed by atoms with Gasteiger partial charge in [0.2, 0.25) is 0 Å². The summed E-state index contributed by atoms with van der Waals surface area (Å²) in [5.74, 6) is 0. The van der Waals surface area contributed by atoms with Crippen molar-refractivity contribution in [2.24, 2.45) is 0 Å². The maximum atomic E-state index is 6.38. The molecule has 57 heavy (non-hydrogen) atoms. The van der Waals surface area contributed by atoms with Crippen molar-refractivity contribution in [3.05, 3.63) is 181 Å². The van der Waals surface area contributed by atoms with Crippen LogP contribution < -0.4 is 0 Å². The first-order valence-corrected chi connectivity index (χ1v) is 20.6. The number of fused-ring (bicyclic) bond motifs is 18. The molecule has 0 atom stereocenters. The third-order valence-electron chi connectivity index (χ3n) is 13.0. The molecule has 0 spiro atoms. The van der Waals surface area contributed by atoms with E-state index in [0.717, 1.165) is 16.6 Å². The Hall–Kier alpha value is -6.74. The van der Waals surface area contributed by atoms with E-state index >= 15 is 0 Å². The van der Waals surface area contributed by atoms with Crippen LogP contribution in [0.5, 0.6) is 0 Å². The van der Waals surface area contributed by atoms with Gasteiger partial charge in [0, 0.05) is 41.7 Å². The fourth-order valence-corrected chi connectivity index (χ4v) is 11.3. The molecule has 266 valence electrons. The molecule has 0 fully saturated rings. The van der Waals surface area contributed by atoms with Crippen molar-refractivity contribution in [3.8, 4) is 33.4 Å². The van der Waals surface area contributed by atoms with Crippen molar-refractivity contribution in [1.82, 2.24) is 0 Å². The summed E-state index contributed by atoms with van der Waals surface area (Å²) in [6.45, 7) is 4.74. The second kappa shape index (κ2) is 11.2. The third-order valence-corrected chi connectivity index (χ3v) is 14.2. The molecule has 1 aliphatic rings. The SMILES string of the molecule is CC1(C)c2ccc(-c3ccc4sc5ccc(-c6ccc7c(c6)c6ccccc6c6ccc8oc9ccccc9c8c67)cc5c4c3)cc2-c2c1ccc1ccccc21. The first kappa shape index (κ1) is 31.5. The van der Waals surface area contributed by atoms with Crippen LogP contribution in [0.25, 0.3) is 119 Å². The highest BCUT2D eigenvalue weighted by molar-refractivity contribution is 7.25. The molecule has 0 radical (unpaired) electrons. The van der Waals surface area contributed by atoms with Crippen LogP contribution in [-0.2, 0) is 5.41 Å². The Labute approximate surface area is 333 Å². The monoisotopic (exact) mass is 742 g/mol. The van der Waals surface area contributed by atoms with Gasteiger partial charge in [-0.25, -0.2) is 0 Å². The minimum Gasteiger partial charge on any atom is -0.456 e. The lowest BCUT2D eigenvalue weighted by atomic mass is 9.82. The number of furan rings is 1. The van der Waals surface area contributed by atoms with Crippen LogP contribution in [0.2, 0.25) is 0 Å². The van der Waals surface area contributed by atoms with E-state index in [2.05, 4.69) is 184 Å². The molecule has 0 unspecified atom stereocenters. The van der Waals surface area contributed by atoms with Gasteiger partial charge in [-0.3, -0.25) is 0 Å². The van der Waals surface area contributed by atoms with Crippen LogP contribution in [0.1, 0.15) is 25.0 Å². The van der Waals surface area contributed by atoms with Crippen molar-refractivity contribution in [2.45, 2.75) is 19.3 Å². The number of para-hydroxylation sites is 1. The van der Waals surface area contributed by atoms with Gasteiger partial charge in [0.15, 0.2) is 0 Å². The van der Waals surface area contributed by atoms with Crippen molar-refractivity contribution >= 4 is 96.5 Å². The molecule has 0 amide bonds. The summed E-state index contributed by atoms with van der Waals surface area (Å²) in [7, 11) is 0. The predicted molar refractivity (Wildman–Crippen MR) is 245 cm³/mol. The summed E-state index contributed by atoms with van der Waals surface area (Å²) in [4.78, 5) is 0. The molecule has 13 rings (SSSR count). The quantitative estimate of drug-likeness (QED) is 0.161. The van der Waals surface area contributed by atoms with E-state index in [1.165, 1.54) is 113 Å². The standard InChI is InChI=1S/C55H34OS/c1-55(2)46-22-17-33(30-45(46)52-36-10-4-3-9-31(36)16-23-47(52)55)35-19-26-51-44(29-35)43-28-34(18-25-50(43)57-51)32-15-20-40-42(27-32)38-12-6-5-11-37(38)39-21-24-49-54(53(39)40)41-13-7-8-14-48(41)56-49/h3-30H,1-2H3. The molecule has 0 aliphatic heterocycles. The molecule has 1 nitrogen and oxygen atoms in total. The highest BCUT2D eigenvalue weighted by Crippen LogP contribution is 2.52. The van der Waals surface area contributed by atoms with Crippen molar-refractivity contribution in [2.75, 3.05) is 0 Å². The zero-order chi connectivity index (χ0) is 37.6. The lowest BCUT2D eigenvalue weighted by Gasteiger charge is -2.21. The van der Waals surface area contributed by atoms with Crippen LogP contribution in [0.3, 0.4) is 0 Å². The number of rotatable bonds is 2. The summed E-state index contributed by atoms with van der Waals surface area (Å²) < 4.78 is 9.01. The fourth-order valence-electron chi connectivity index (χ4n) is 10.3. The molecule has 0 saturated heterocycles. The average Bonchev–Trinajstić information content (AvgIpc) is 3.90. The van der Waals surface area contributed by atoms with Gasteiger partial charge in [0.05, 0.1) is 0 Å². The van der Waals surface area contributed by atoms with E-state index in [0.29, 0.717) is 0 Å². The summed E-state index contributed by atoms with van der Waals surface area (Å²) in [6, 6.07) is 63.4. The van der Waals surface area contributed by atoms with Crippen molar-refractivity contribution in [1.29, 1.82) is 0 Å². The van der Waals surface area contributed by atoms with Gasteiger partial charge in [-0.05, 0) is 137 Å². The minimum absolute atomic E-state index is 0.0425. The molecule has 2 heterocycles. The minimum atomic E-state index is -0.0425. The Kier molecular flexibility index (Phi) is 6.18. The molecular weight excluding hydrogens is 709 g/mol. The smallest absolute Gasteiger partial charge is 0.136 e. The zero-order valence-corrected chi connectivity index (χ0v) is 32.3. The normalized spacial score (nSPS) is 13.6. The fraction of sp³-hybridized carbons (Fsp3) is 0.0545. The second-order valence-corrected chi connectivity index (χ2v) is 17.5. The topological polar surface area (TPSA) is 13.1 Å². The molecule has 0 saturated carbocycles. The molecular formula is C55H34OS. The Morgan fingerprint density at radius 1 is 0.386 bits per heavy atom. The van der Waals surface area contributed by atoms with E-state index < -0.39 is 0 Å². The largest absolute Gasteiger partial charge is 0.456 e. The summed E-state index contributed by atoms with van der Waals surface area (Å²) >= 11 is 1.88. The van der Waals surface area contributed by atoms with Gasteiger partial charge < -0.3 is 4.42 Å². The van der Waals surface area contributed by atoms with Crippen LogP contribution >= 0.6 is 11.3 Å². The summed E-state index contributed by atoms with van der Waals surface area (Å²) in [5.41, 5.74) is 12.4. The predicted octanol–water partition coefficient (Wildman–Crippen LogP) is 16.2. The van der Waals surface area contributed by atoms with Crippen LogP contribution in [0.15, 0.2) is 174 Å². The maximum absolute atomic E-state index is 6.38. The van der Waals surface area contributed by atoms with Gasteiger partial charge in [0.25, 0.3) is 0 Å². The van der Waals surface area contributed by atoms with Gasteiger partial charge >= 0.3 is 0 Å². The summed E-state index contributed by atoms with van der Waals surface area (Å²) in [5, 5.41) is 15.2. The Morgan fingerprint density at radius 2 is 0.947 bits per heavy atom. The van der Waals surface area contributed by atoms with E-state index in [9.17, 15) is 0 Å². The van der Waals surface area contributed by atoms with Crippen molar-refractivity contribution < 1.29 is 4.42 Å². The second-order valence-electron chi connectivity index (χ2n) is 16.4. The van der Waals surface area contributed by atoms with Crippen LogP contribution in [0.4, 0.5) is 0 Å². The number of thiophene rings is 1. The number of hydrogen-bond donors (Lipinski definition) is 0. The molecule has 2 aromatic heterocycles. The molecule has 12 aromatic rings. The average molecular weight is 743 g/mol. The van der Waals surface area contributed by atoms with Gasteiger partial charge in [-0.1, -0.05) is 129 Å². The summed E-state index contributed by atoms with van der Waals surface area (Å²) in [6.07, 6.45) is 0. The lowest BCUT2D eigenvalue weighted by molar-refractivity contribution is 0.661. The van der Waals surface area contributed by atoms with Crippen molar-refractivity contribution in [3.63, 3.8) is 0 Å². The Morgan fingerprint density at radius 3 is 1.72 bits per heavy atom. The van der Waals surface area contributed by atoms with Crippen LogP contribution in [-0.4, -0.2) is 0 Å². The number of benzene rings is 10. The highest BCUT2D eigenvalue weighted by Gasteiger charge is 2.36. The van der Waals surface area contributed by atoms with Crippen LogP contribution in [0, 0.1) is 0 Å². The van der Waals surface area contributed by atoms with E-state index in [4.69, 9.17) is 4.42 Å². The first-order valence-electron chi connectivity index (χ1n) is 19.8. The van der Waals surface area contributed by atoms with E-state index in [-0.39, 0.29) is 5.41 Å². The molecule has 10 aromatic carbocycles. The van der Waals surface area contributed by atoms with E-state index in [1.807, 2.05) is 11.3 Å².